The molecule has 20 heavy (non-hydrogen) atoms. The van der Waals surface area contributed by atoms with E-state index in [-0.39, 0.29) is 16.0 Å². The van der Waals surface area contributed by atoms with Crippen molar-refractivity contribution in [3.8, 4) is 0 Å². The lowest BCUT2D eigenvalue weighted by atomic mass is 9.94. The SMILES string of the molecule is O=S(=O)(c1cc(F)ccc1Cl)N1C[C@@H]2CCCN[C@@H]2C1. The Labute approximate surface area is 123 Å². The van der Waals surface area contributed by atoms with Gasteiger partial charge in [-0.1, -0.05) is 11.6 Å². The topological polar surface area (TPSA) is 49.4 Å². The molecule has 0 saturated carbocycles. The molecular weight excluding hydrogens is 303 g/mol. The van der Waals surface area contributed by atoms with Crippen LogP contribution in [0.25, 0.3) is 0 Å². The first-order valence-electron chi connectivity index (χ1n) is 6.67. The highest BCUT2D eigenvalue weighted by Gasteiger charge is 2.40. The molecule has 0 amide bonds. The second-order valence-electron chi connectivity index (χ2n) is 5.36. The van der Waals surface area contributed by atoms with Crippen LogP contribution in [0.4, 0.5) is 4.39 Å². The van der Waals surface area contributed by atoms with Crippen LogP contribution in [0.15, 0.2) is 23.1 Å². The van der Waals surface area contributed by atoms with Crippen molar-refractivity contribution in [2.75, 3.05) is 19.6 Å². The fourth-order valence-corrected chi connectivity index (χ4v) is 5.03. The van der Waals surface area contributed by atoms with Gasteiger partial charge in [0, 0.05) is 19.1 Å². The molecule has 0 bridgehead atoms. The number of benzene rings is 1. The minimum Gasteiger partial charge on any atom is -0.312 e. The molecule has 0 aromatic heterocycles. The molecule has 2 saturated heterocycles. The van der Waals surface area contributed by atoms with Gasteiger partial charge in [-0.2, -0.15) is 4.31 Å². The number of nitrogens with zero attached hydrogens (tertiary/aromatic N) is 1. The number of piperidine rings is 1. The molecule has 110 valence electrons. The van der Waals surface area contributed by atoms with E-state index in [4.69, 9.17) is 11.6 Å². The number of nitrogens with one attached hydrogen (secondary N) is 1. The van der Waals surface area contributed by atoms with Crippen LogP contribution in [0.1, 0.15) is 12.8 Å². The minimum absolute atomic E-state index is 0.0641. The van der Waals surface area contributed by atoms with Gasteiger partial charge in [-0.15, -0.1) is 0 Å². The first-order chi connectivity index (χ1) is 9.48. The van der Waals surface area contributed by atoms with Gasteiger partial charge in [0.15, 0.2) is 0 Å². The van der Waals surface area contributed by atoms with Crippen LogP contribution in [-0.2, 0) is 10.0 Å². The zero-order chi connectivity index (χ0) is 14.3. The average molecular weight is 319 g/mol. The molecular formula is C13H16ClFN2O2S. The van der Waals surface area contributed by atoms with E-state index in [0.29, 0.717) is 19.0 Å². The van der Waals surface area contributed by atoms with Gasteiger partial charge in [-0.25, -0.2) is 12.8 Å². The Hall–Kier alpha value is -0.690. The lowest BCUT2D eigenvalue weighted by Crippen LogP contribution is -2.41. The van der Waals surface area contributed by atoms with E-state index in [1.54, 1.807) is 0 Å². The number of hydrogen-bond donors (Lipinski definition) is 1. The summed E-state index contributed by atoms with van der Waals surface area (Å²) in [4.78, 5) is -0.141. The van der Waals surface area contributed by atoms with Crippen LogP contribution < -0.4 is 5.32 Å². The standard InChI is InChI=1S/C13H16ClFN2O2S/c14-11-4-3-10(15)6-13(11)20(18,19)17-7-9-2-1-5-16-12(9)8-17/h3-4,6,9,12,16H,1-2,5,7-8H2/t9-,12+/m0/s1. The van der Waals surface area contributed by atoms with Gasteiger partial charge in [0.25, 0.3) is 0 Å². The minimum atomic E-state index is -3.73. The zero-order valence-electron chi connectivity index (χ0n) is 10.9. The van der Waals surface area contributed by atoms with E-state index in [1.165, 1.54) is 10.4 Å². The molecule has 1 aromatic rings. The van der Waals surface area contributed by atoms with E-state index < -0.39 is 15.8 Å². The molecule has 1 aromatic carbocycles. The van der Waals surface area contributed by atoms with Crippen LogP contribution in [0, 0.1) is 11.7 Å². The quantitative estimate of drug-likeness (QED) is 0.905. The van der Waals surface area contributed by atoms with Crippen LogP contribution in [0.5, 0.6) is 0 Å². The average Bonchev–Trinajstić information content (AvgIpc) is 2.86. The number of rotatable bonds is 2. The molecule has 0 unspecified atom stereocenters. The molecule has 7 heteroatoms. The highest BCUT2D eigenvalue weighted by atomic mass is 35.5. The molecule has 2 atom stereocenters. The molecule has 0 spiro atoms. The Balaban J connectivity index is 1.91. The van der Waals surface area contributed by atoms with Crippen molar-refractivity contribution in [1.29, 1.82) is 0 Å². The fourth-order valence-electron chi connectivity index (χ4n) is 3.02. The Morgan fingerprint density at radius 3 is 2.90 bits per heavy atom. The van der Waals surface area contributed by atoms with E-state index in [1.807, 2.05) is 0 Å². The summed E-state index contributed by atoms with van der Waals surface area (Å²) >= 11 is 5.92. The summed E-state index contributed by atoms with van der Waals surface area (Å²) in [7, 11) is -3.73. The maximum atomic E-state index is 13.3. The number of halogens is 2. The Morgan fingerprint density at radius 2 is 2.15 bits per heavy atom. The third-order valence-electron chi connectivity index (χ3n) is 4.08. The summed E-state index contributed by atoms with van der Waals surface area (Å²) in [6, 6.07) is 3.64. The lowest BCUT2D eigenvalue weighted by molar-refractivity contribution is 0.339. The Kier molecular flexibility index (Phi) is 3.75. The van der Waals surface area contributed by atoms with Crippen molar-refractivity contribution >= 4 is 21.6 Å². The summed E-state index contributed by atoms with van der Waals surface area (Å²) < 4.78 is 39.9. The van der Waals surface area contributed by atoms with Gasteiger partial charge in [0.05, 0.1) is 5.02 Å². The Morgan fingerprint density at radius 1 is 1.35 bits per heavy atom. The van der Waals surface area contributed by atoms with Crippen molar-refractivity contribution in [2.24, 2.45) is 5.92 Å². The zero-order valence-corrected chi connectivity index (χ0v) is 12.4. The monoisotopic (exact) mass is 318 g/mol. The molecule has 2 aliphatic rings. The van der Waals surface area contributed by atoms with E-state index in [9.17, 15) is 12.8 Å². The molecule has 3 rings (SSSR count). The highest BCUT2D eigenvalue weighted by molar-refractivity contribution is 7.89. The predicted molar refractivity (Wildman–Crippen MR) is 74.7 cm³/mol. The molecule has 0 radical (unpaired) electrons. The van der Waals surface area contributed by atoms with Crippen molar-refractivity contribution in [2.45, 2.75) is 23.8 Å². The van der Waals surface area contributed by atoms with Crippen LogP contribution in [0.2, 0.25) is 5.02 Å². The smallest absolute Gasteiger partial charge is 0.244 e. The summed E-state index contributed by atoms with van der Waals surface area (Å²) in [5.41, 5.74) is 0. The number of fused-ring (bicyclic) bond motifs is 1. The Bertz CT molecular complexity index is 609. The number of sulfonamides is 1. The van der Waals surface area contributed by atoms with Crippen molar-refractivity contribution in [3.05, 3.63) is 29.0 Å². The van der Waals surface area contributed by atoms with E-state index >= 15 is 0 Å². The van der Waals surface area contributed by atoms with Gasteiger partial charge in [0.2, 0.25) is 10.0 Å². The van der Waals surface area contributed by atoms with Gasteiger partial charge >= 0.3 is 0 Å². The summed E-state index contributed by atoms with van der Waals surface area (Å²) in [6.45, 7) is 1.84. The molecule has 2 aliphatic heterocycles. The van der Waals surface area contributed by atoms with E-state index in [0.717, 1.165) is 31.5 Å². The van der Waals surface area contributed by atoms with Crippen LogP contribution in [-0.4, -0.2) is 38.4 Å². The molecule has 2 fully saturated rings. The van der Waals surface area contributed by atoms with E-state index in [2.05, 4.69) is 5.32 Å². The van der Waals surface area contributed by atoms with Crippen LogP contribution >= 0.6 is 11.6 Å². The largest absolute Gasteiger partial charge is 0.312 e. The second-order valence-corrected chi connectivity index (χ2v) is 7.67. The fraction of sp³-hybridized carbons (Fsp3) is 0.538. The van der Waals surface area contributed by atoms with Crippen molar-refractivity contribution < 1.29 is 12.8 Å². The number of hydrogen-bond acceptors (Lipinski definition) is 3. The van der Waals surface area contributed by atoms with Crippen molar-refractivity contribution in [3.63, 3.8) is 0 Å². The van der Waals surface area contributed by atoms with Gasteiger partial charge in [0.1, 0.15) is 10.7 Å². The van der Waals surface area contributed by atoms with Gasteiger partial charge in [-0.3, -0.25) is 0 Å². The normalized spacial score (nSPS) is 27.5. The first kappa shape index (κ1) is 14.3. The summed E-state index contributed by atoms with van der Waals surface area (Å²) in [6.07, 6.45) is 2.09. The maximum Gasteiger partial charge on any atom is 0.244 e. The van der Waals surface area contributed by atoms with Gasteiger partial charge < -0.3 is 5.32 Å². The second kappa shape index (κ2) is 5.26. The molecule has 2 heterocycles. The molecule has 1 N–H and O–H groups in total. The third kappa shape index (κ3) is 2.45. The molecule has 0 aliphatic carbocycles. The highest BCUT2D eigenvalue weighted by Crippen LogP contribution is 2.32. The third-order valence-corrected chi connectivity index (χ3v) is 6.39. The summed E-state index contributed by atoms with van der Waals surface area (Å²) in [5.74, 6) is -0.256. The van der Waals surface area contributed by atoms with Crippen molar-refractivity contribution in [1.82, 2.24) is 9.62 Å². The lowest BCUT2D eigenvalue weighted by Gasteiger charge is -2.24. The van der Waals surface area contributed by atoms with Gasteiger partial charge in [-0.05, 0) is 43.5 Å². The van der Waals surface area contributed by atoms with Crippen LogP contribution in [0.3, 0.4) is 0 Å². The molecule has 4 nitrogen and oxygen atoms in total. The first-order valence-corrected chi connectivity index (χ1v) is 8.49. The summed E-state index contributed by atoms with van der Waals surface area (Å²) in [5, 5.41) is 3.41. The predicted octanol–water partition coefficient (Wildman–Crippen LogP) is 1.85. The maximum absolute atomic E-state index is 13.3.